The van der Waals surface area contributed by atoms with Gasteiger partial charge in [0, 0.05) is 23.3 Å². The molecule has 0 saturated heterocycles. The predicted octanol–water partition coefficient (Wildman–Crippen LogP) is 5.78. The predicted molar refractivity (Wildman–Crippen MR) is 128 cm³/mol. The van der Waals surface area contributed by atoms with E-state index in [1.807, 2.05) is 54.6 Å². The van der Waals surface area contributed by atoms with Crippen LogP contribution in [0.1, 0.15) is 5.56 Å². The number of aromatic nitrogens is 1. The van der Waals surface area contributed by atoms with Crippen LogP contribution >= 0.6 is 0 Å². The second-order valence-corrected chi connectivity index (χ2v) is 6.99. The summed E-state index contributed by atoms with van der Waals surface area (Å²) in [6.45, 7) is 3.48. The van der Waals surface area contributed by atoms with E-state index in [0.717, 1.165) is 11.4 Å². The van der Waals surface area contributed by atoms with Crippen molar-refractivity contribution >= 4 is 33.9 Å². The number of nitrogens with one attached hydrogen (secondary N) is 2. The molecule has 0 bridgehead atoms. The average Bonchev–Trinajstić information content (AvgIpc) is 2.85. The van der Waals surface area contributed by atoms with E-state index >= 15 is 0 Å². The lowest BCUT2D eigenvalue weighted by Gasteiger charge is -2.15. The molecule has 4 rings (SSSR count). The van der Waals surface area contributed by atoms with E-state index in [4.69, 9.17) is 9.47 Å². The summed E-state index contributed by atoms with van der Waals surface area (Å²) in [6.07, 6.45) is 2.67. The van der Waals surface area contributed by atoms with Crippen molar-refractivity contribution in [1.82, 2.24) is 4.98 Å². The second-order valence-electron chi connectivity index (χ2n) is 6.99. The number of carbonyl (C=O) groups excluding carboxylic acids is 1. The van der Waals surface area contributed by atoms with Crippen molar-refractivity contribution in [1.29, 1.82) is 5.26 Å². The van der Waals surface area contributed by atoms with Gasteiger partial charge in [0.05, 0.1) is 29.6 Å². The first kappa shape index (κ1) is 21.4. The quantitative estimate of drug-likeness (QED) is 0.357. The first-order valence-corrected chi connectivity index (χ1v) is 10.1. The summed E-state index contributed by atoms with van der Waals surface area (Å²) in [6, 6.07) is 22.5. The zero-order valence-corrected chi connectivity index (χ0v) is 17.8. The Hall–Kier alpha value is -4.83. The van der Waals surface area contributed by atoms with E-state index in [2.05, 4.69) is 28.3 Å². The molecule has 0 atom stereocenters. The van der Waals surface area contributed by atoms with Crippen LogP contribution < -0.4 is 20.1 Å². The zero-order valence-electron chi connectivity index (χ0n) is 17.8. The Morgan fingerprint density at radius 2 is 1.82 bits per heavy atom. The fraction of sp³-hybridized carbons (Fsp3) is 0.0385. The van der Waals surface area contributed by atoms with Crippen molar-refractivity contribution in [3.63, 3.8) is 0 Å². The molecule has 33 heavy (non-hydrogen) atoms. The Kier molecular flexibility index (Phi) is 6.19. The van der Waals surface area contributed by atoms with Crippen LogP contribution in [-0.2, 0) is 4.79 Å². The average molecular weight is 436 g/mol. The summed E-state index contributed by atoms with van der Waals surface area (Å²) in [5.74, 6) is 1.50. The maximum atomic E-state index is 11.9. The van der Waals surface area contributed by atoms with E-state index in [-0.39, 0.29) is 5.91 Å². The van der Waals surface area contributed by atoms with E-state index < -0.39 is 0 Å². The largest absolute Gasteiger partial charge is 0.494 e. The molecule has 7 heteroatoms. The van der Waals surface area contributed by atoms with Gasteiger partial charge < -0.3 is 20.1 Å². The second kappa shape index (κ2) is 9.54. The number of pyridine rings is 1. The molecule has 7 nitrogen and oxygen atoms in total. The Balaban J connectivity index is 1.70. The third-order valence-electron chi connectivity index (χ3n) is 4.86. The van der Waals surface area contributed by atoms with Crippen molar-refractivity contribution < 1.29 is 14.3 Å². The number of hydrogen-bond donors (Lipinski definition) is 2. The SMILES string of the molecule is C=CC(=O)Nc1cc2c(Nc3ccc(Oc4ccccc4)cc3)c(C#N)cnc2cc1OC. The molecule has 1 aromatic heterocycles. The lowest BCUT2D eigenvalue weighted by molar-refractivity contribution is -0.111. The van der Waals surface area contributed by atoms with Crippen LogP contribution in [0.4, 0.5) is 17.1 Å². The molecular weight excluding hydrogens is 416 g/mol. The zero-order chi connectivity index (χ0) is 23.2. The fourth-order valence-electron chi connectivity index (χ4n) is 3.26. The minimum atomic E-state index is -0.374. The maximum Gasteiger partial charge on any atom is 0.247 e. The molecule has 1 amide bonds. The summed E-state index contributed by atoms with van der Waals surface area (Å²) < 4.78 is 11.2. The standard InChI is InChI=1S/C26H20N4O3/c1-3-25(31)30-23-13-21-22(14-24(23)32-2)28-16-17(15-27)26(21)29-18-9-11-20(12-10-18)33-19-7-5-4-6-8-19/h3-14,16H,1H2,2H3,(H,28,29)(H,30,31). The molecule has 2 N–H and O–H groups in total. The highest BCUT2D eigenvalue weighted by Gasteiger charge is 2.15. The number of benzene rings is 3. The first-order valence-electron chi connectivity index (χ1n) is 10.1. The molecule has 3 aromatic carbocycles. The van der Waals surface area contributed by atoms with Crippen LogP contribution in [0.2, 0.25) is 0 Å². The highest BCUT2D eigenvalue weighted by Crippen LogP contribution is 2.36. The number of anilines is 3. The van der Waals surface area contributed by atoms with Crippen LogP contribution in [-0.4, -0.2) is 18.0 Å². The van der Waals surface area contributed by atoms with E-state index in [0.29, 0.717) is 39.3 Å². The number of ether oxygens (including phenoxy) is 2. The minimum absolute atomic E-state index is 0.360. The third-order valence-corrected chi connectivity index (χ3v) is 4.86. The number of fused-ring (bicyclic) bond motifs is 1. The molecule has 0 saturated carbocycles. The molecule has 0 spiro atoms. The van der Waals surface area contributed by atoms with Crippen LogP contribution in [0.15, 0.2) is 85.6 Å². The Morgan fingerprint density at radius 3 is 2.48 bits per heavy atom. The number of nitrogens with zero attached hydrogens (tertiary/aromatic N) is 2. The van der Waals surface area contributed by atoms with Crippen LogP contribution in [0.25, 0.3) is 10.9 Å². The lowest BCUT2D eigenvalue weighted by atomic mass is 10.1. The van der Waals surface area contributed by atoms with Gasteiger partial charge in [0.25, 0.3) is 0 Å². The number of para-hydroxylation sites is 1. The van der Waals surface area contributed by atoms with Gasteiger partial charge in [-0.05, 0) is 48.5 Å². The molecule has 0 radical (unpaired) electrons. The normalized spacial score (nSPS) is 10.2. The number of amides is 1. The molecule has 162 valence electrons. The minimum Gasteiger partial charge on any atom is -0.494 e. The summed E-state index contributed by atoms with van der Waals surface area (Å²) >= 11 is 0. The summed E-state index contributed by atoms with van der Waals surface area (Å²) in [5, 5.41) is 16.3. The smallest absolute Gasteiger partial charge is 0.247 e. The van der Waals surface area contributed by atoms with Crippen molar-refractivity contribution in [3.8, 4) is 23.3 Å². The number of methoxy groups -OCH3 is 1. The van der Waals surface area contributed by atoms with Crippen molar-refractivity contribution in [2.45, 2.75) is 0 Å². The Bertz CT molecular complexity index is 1360. The fourth-order valence-corrected chi connectivity index (χ4v) is 3.26. The molecule has 0 unspecified atom stereocenters. The monoisotopic (exact) mass is 436 g/mol. The lowest BCUT2D eigenvalue weighted by Crippen LogP contribution is -2.09. The van der Waals surface area contributed by atoms with Gasteiger partial charge in [-0.15, -0.1) is 0 Å². The molecule has 0 fully saturated rings. The van der Waals surface area contributed by atoms with Gasteiger partial charge in [0.15, 0.2) is 0 Å². The van der Waals surface area contributed by atoms with E-state index in [9.17, 15) is 10.1 Å². The topological polar surface area (TPSA) is 96.3 Å². The van der Waals surface area contributed by atoms with Crippen molar-refractivity contribution in [3.05, 3.63) is 91.1 Å². The highest BCUT2D eigenvalue weighted by molar-refractivity contribution is 6.04. The molecule has 0 aliphatic heterocycles. The van der Waals surface area contributed by atoms with Crippen LogP contribution in [0.5, 0.6) is 17.2 Å². The van der Waals surface area contributed by atoms with Gasteiger partial charge in [-0.3, -0.25) is 9.78 Å². The van der Waals surface area contributed by atoms with E-state index in [1.54, 1.807) is 12.1 Å². The van der Waals surface area contributed by atoms with Gasteiger partial charge in [-0.25, -0.2) is 0 Å². The number of hydrogen-bond acceptors (Lipinski definition) is 6. The van der Waals surface area contributed by atoms with Crippen molar-refractivity contribution in [2.24, 2.45) is 0 Å². The first-order chi connectivity index (χ1) is 16.1. The maximum absolute atomic E-state index is 11.9. The van der Waals surface area contributed by atoms with Gasteiger partial charge in [-0.1, -0.05) is 24.8 Å². The molecular formula is C26H20N4O3. The number of rotatable bonds is 7. The third kappa shape index (κ3) is 4.75. The van der Waals surface area contributed by atoms with Crippen molar-refractivity contribution in [2.75, 3.05) is 17.7 Å². The Labute approximate surface area is 190 Å². The van der Waals surface area contributed by atoms with Crippen LogP contribution in [0, 0.1) is 11.3 Å². The molecule has 4 aromatic rings. The number of carbonyl (C=O) groups is 1. The van der Waals surface area contributed by atoms with Gasteiger partial charge in [-0.2, -0.15) is 5.26 Å². The Morgan fingerprint density at radius 1 is 1.09 bits per heavy atom. The van der Waals surface area contributed by atoms with Gasteiger partial charge in [0.1, 0.15) is 23.3 Å². The van der Waals surface area contributed by atoms with Crippen LogP contribution in [0.3, 0.4) is 0 Å². The summed E-state index contributed by atoms with van der Waals surface area (Å²) in [5.41, 5.74) is 2.73. The van der Waals surface area contributed by atoms with Gasteiger partial charge >= 0.3 is 0 Å². The summed E-state index contributed by atoms with van der Waals surface area (Å²) in [7, 11) is 1.51. The van der Waals surface area contributed by atoms with E-state index in [1.165, 1.54) is 19.4 Å². The summed E-state index contributed by atoms with van der Waals surface area (Å²) in [4.78, 5) is 16.2. The molecule has 0 aliphatic carbocycles. The highest BCUT2D eigenvalue weighted by atomic mass is 16.5. The number of nitriles is 1. The molecule has 1 heterocycles. The van der Waals surface area contributed by atoms with Gasteiger partial charge in [0.2, 0.25) is 5.91 Å². The molecule has 0 aliphatic rings.